The second kappa shape index (κ2) is 6.58. The SMILES string of the molecule is COC(=O)C(Nc1ncc(N)c(C)c1Br)c1ccccc1. The highest BCUT2D eigenvalue weighted by Gasteiger charge is 2.23. The molecule has 0 fully saturated rings. The third kappa shape index (κ3) is 3.33. The number of benzene rings is 1. The van der Waals surface area contributed by atoms with E-state index in [0.29, 0.717) is 11.5 Å². The van der Waals surface area contributed by atoms with Crippen LogP contribution in [0, 0.1) is 6.92 Å². The largest absolute Gasteiger partial charge is 0.467 e. The Bertz CT molecular complexity index is 647. The first-order chi connectivity index (χ1) is 10.0. The van der Waals surface area contributed by atoms with E-state index in [-0.39, 0.29) is 5.97 Å². The van der Waals surface area contributed by atoms with Gasteiger partial charge < -0.3 is 15.8 Å². The molecule has 6 heteroatoms. The van der Waals surface area contributed by atoms with Gasteiger partial charge in [0, 0.05) is 0 Å². The molecule has 2 aromatic rings. The van der Waals surface area contributed by atoms with Crippen LogP contribution in [0.25, 0.3) is 0 Å². The number of carbonyl (C=O) groups excluding carboxylic acids is 1. The lowest BCUT2D eigenvalue weighted by Gasteiger charge is -2.19. The van der Waals surface area contributed by atoms with Gasteiger partial charge in [0.1, 0.15) is 5.82 Å². The number of methoxy groups -OCH3 is 1. The summed E-state index contributed by atoms with van der Waals surface area (Å²) in [6.45, 7) is 1.88. The van der Waals surface area contributed by atoms with Gasteiger partial charge in [-0.2, -0.15) is 0 Å². The van der Waals surface area contributed by atoms with Crippen LogP contribution in [0.2, 0.25) is 0 Å². The molecule has 0 bridgehead atoms. The zero-order valence-electron chi connectivity index (χ0n) is 11.8. The average molecular weight is 350 g/mol. The fraction of sp³-hybridized carbons (Fsp3) is 0.200. The number of anilines is 2. The van der Waals surface area contributed by atoms with Crippen molar-refractivity contribution in [3.63, 3.8) is 0 Å². The third-order valence-corrected chi connectivity index (χ3v) is 4.12. The number of esters is 1. The van der Waals surface area contributed by atoms with Crippen molar-refractivity contribution in [2.24, 2.45) is 0 Å². The van der Waals surface area contributed by atoms with Gasteiger partial charge in [-0.15, -0.1) is 0 Å². The van der Waals surface area contributed by atoms with E-state index in [1.807, 2.05) is 37.3 Å². The molecule has 1 heterocycles. The molecule has 3 N–H and O–H groups in total. The molecule has 1 atom stereocenters. The van der Waals surface area contributed by atoms with Crippen LogP contribution in [-0.2, 0) is 9.53 Å². The number of nitrogen functional groups attached to an aromatic ring is 1. The average Bonchev–Trinajstić information content (AvgIpc) is 2.52. The Kier molecular flexibility index (Phi) is 4.80. The van der Waals surface area contributed by atoms with Gasteiger partial charge in [0.2, 0.25) is 0 Å². The molecule has 21 heavy (non-hydrogen) atoms. The molecule has 0 saturated carbocycles. The van der Waals surface area contributed by atoms with Gasteiger partial charge in [0.15, 0.2) is 6.04 Å². The van der Waals surface area contributed by atoms with Crippen molar-refractivity contribution in [1.82, 2.24) is 4.98 Å². The summed E-state index contributed by atoms with van der Waals surface area (Å²) in [7, 11) is 1.36. The number of pyridine rings is 1. The standard InChI is InChI=1S/C15H16BrN3O2/c1-9-11(17)8-18-14(12(9)16)19-13(15(20)21-2)10-6-4-3-5-7-10/h3-8,13H,17H2,1-2H3,(H,18,19). The molecule has 1 unspecified atom stereocenters. The molecule has 1 aromatic heterocycles. The van der Waals surface area contributed by atoms with Gasteiger partial charge >= 0.3 is 5.97 Å². The molecule has 1 aromatic carbocycles. The van der Waals surface area contributed by atoms with Crippen LogP contribution in [0.3, 0.4) is 0 Å². The van der Waals surface area contributed by atoms with E-state index in [0.717, 1.165) is 15.6 Å². The number of rotatable bonds is 4. The second-order valence-electron chi connectivity index (χ2n) is 4.51. The Hall–Kier alpha value is -2.08. The van der Waals surface area contributed by atoms with Crippen molar-refractivity contribution in [2.45, 2.75) is 13.0 Å². The van der Waals surface area contributed by atoms with Crippen LogP contribution < -0.4 is 11.1 Å². The number of nitrogens with one attached hydrogen (secondary N) is 1. The summed E-state index contributed by atoms with van der Waals surface area (Å²) in [4.78, 5) is 16.3. The number of halogens is 1. The van der Waals surface area contributed by atoms with Crippen molar-refractivity contribution in [1.29, 1.82) is 0 Å². The zero-order valence-corrected chi connectivity index (χ0v) is 13.3. The summed E-state index contributed by atoms with van der Waals surface area (Å²) >= 11 is 3.45. The molecule has 2 rings (SSSR count). The van der Waals surface area contributed by atoms with Crippen molar-refractivity contribution >= 4 is 33.4 Å². The monoisotopic (exact) mass is 349 g/mol. The van der Waals surface area contributed by atoms with Crippen LogP contribution in [0.5, 0.6) is 0 Å². The quantitative estimate of drug-likeness (QED) is 0.829. The molecule has 0 aliphatic rings. The fourth-order valence-corrected chi connectivity index (χ4v) is 2.32. The normalized spacial score (nSPS) is 11.8. The maximum atomic E-state index is 12.0. The van der Waals surface area contributed by atoms with Gasteiger partial charge in [-0.1, -0.05) is 30.3 Å². The summed E-state index contributed by atoms with van der Waals surface area (Å²) in [5.74, 6) is 0.158. The van der Waals surface area contributed by atoms with E-state index in [4.69, 9.17) is 10.5 Å². The number of aromatic nitrogens is 1. The van der Waals surface area contributed by atoms with E-state index in [2.05, 4.69) is 26.2 Å². The van der Waals surface area contributed by atoms with Crippen LogP contribution in [0.4, 0.5) is 11.5 Å². The molecule has 0 aliphatic heterocycles. The van der Waals surface area contributed by atoms with E-state index < -0.39 is 6.04 Å². The Labute approximate surface area is 131 Å². The van der Waals surface area contributed by atoms with Gasteiger partial charge in [-0.3, -0.25) is 0 Å². The van der Waals surface area contributed by atoms with Crippen molar-refractivity contribution in [3.8, 4) is 0 Å². The summed E-state index contributed by atoms with van der Waals surface area (Å²) in [6.07, 6.45) is 1.56. The first-order valence-corrected chi connectivity index (χ1v) is 7.13. The van der Waals surface area contributed by atoms with E-state index in [1.54, 1.807) is 6.20 Å². The lowest BCUT2D eigenvalue weighted by atomic mass is 10.1. The lowest BCUT2D eigenvalue weighted by molar-refractivity contribution is -0.141. The molecular formula is C15H16BrN3O2. The number of nitrogens with two attached hydrogens (primary N) is 1. The molecule has 110 valence electrons. The molecule has 5 nitrogen and oxygen atoms in total. The van der Waals surface area contributed by atoms with E-state index in [1.165, 1.54) is 7.11 Å². The lowest BCUT2D eigenvalue weighted by Crippen LogP contribution is -2.23. The summed E-state index contributed by atoms with van der Waals surface area (Å²) in [5.41, 5.74) is 8.05. The van der Waals surface area contributed by atoms with E-state index >= 15 is 0 Å². The Morgan fingerprint density at radius 1 is 1.38 bits per heavy atom. The maximum absolute atomic E-state index is 12.0. The first kappa shape index (κ1) is 15.3. The summed E-state index contributed by atoms with van der Waals surface area (Å²) in [6, 6.07) is 8.69. The number of hydrogen-bond acceptors (Lipinski definition) is 5. The molecular weight excluding hydrogens is 334 g/mol. The van der Waals surface area contributed by atoms with Crippen molar-refractivity contribution in [3.05, 3.63) is 52.1 Å². The minimum absolute atomic E-state index is 0.385. The van der Waals surface area contributed by atoms with Crippen LogP contribution in [0.15, 0.2) is 41.0 Å². The summed E-state index contributed by atoms with van der Waals surface area (Å²) in [5, 5.41) is 3.09. The number of hydrogen-bond donors (Lipinski definition) is 2. The maximum Gasteiger partial charge on any atom is 0.333 e. The molecule has 0 saturated heterocycles. The predicted octanol–water partition coefficient (Wildman–Crippen LogP) is 3.06. The van der Waals surface area contributed by atoms with Crippen LogP contribution in [-0.4, -0.2) is 18.1 Å². The fourth-order valence-electron chi connectivity index (χ4n) is 1.87. The van der Waals surface area contributed by atoms with E-state index in [9.17, 15) is 4.79 Å². The Balaban J connectivity index is 2.37. The Morgan fingerprint density at radius 2 is 2.05 bits per heavy atom. The smallest absolute Gasteiger partial charge is 0.333 e. The Morgan fingerprint density at radius 3 is 2.67 bits per heavy atom. The molecule has 0 aliphatic carbocycles. The second-order valence-corrected chi connectivity index (χ2v) is 5.31. The first-order valence-electron chi connectivity index (χ1n) is 6.34. The number of ether oxygens (including phenoxy) is 1. The predicted molar refractivity (Wildman–Crippen MR) is 85.9 cm³/mol. The minimum atomic E-state index is -0.636. The molecule has 0 radical (unpaired) electrons. The topological polar surface area (TPSA) is 77.2 Å². The third-order valence-electron chi connectivity index (χ3n) is 3.15. The highest BCUT2D eigenvalue weighted by atomic mass is 79.9. The zero-order chi connectivity index (χ0) is 15.4. The van der Waals surface area contributed by atoms with Crippen molar-refractivity contribution < 1.29 is 9.53 Å². The van der Waals surface area contributed by atoms with Gasteiger partial charge in [-0.05, 0) is 34.0 Å². The van der Waals surface area contributed by atoms with Crippen LogP contribution >= 0.6 is 15.9 Å². The van der Waals surface area contributed by atoms with Gasteiger partial charge in [0.25, 0.3) is 0 Å². The molecule has 0 spiro atoms. The van der Waals surface area contributed by atoms with Crippen LogP contribution in [0.1, 0.15) is 17.2 Å². The van der Waals surface area contributed by atoms with Gasteiger partial charge in [0.05, 0.1) is 23.5 Å². The number of carbonyl (C=O) groups is 1. The van der Waals surface area contributed by atoms with Gasteiger partial charge in [-0.25, -0.2) is 9.78 Å². The molecule has 0 amide bonds. The summed E-state index contributed by atoms with van der Waals surface area (Å²) < 4.78 is 5.59. The highest BCUT2D eigenvalue weighted by molar-refractivity contribution is 9.10. The number of nitrogens with zero attached hydrogens (tertiary/aromatic N) is 1. The minimum Gasteiger partial charge on any atom is -0.467 e. The van der Waals surface area contributed by atoms with Crippen molar-refractivity contribution in [2.75, 3.05) is 18.2 Å². The highest BCUT2D eigenvalue weighted by Crippen LogP contribution is 2.30.